The van der Waals surface area contributed by atoms with Crippen molar-refractivity contribution in [1.82, 2.24) is 14.5 Å². The van der Waals surface area contributed by atoms with E-state index in [1.807, 2.05) is 0 Å². The zero-order chi connectivity index (χ0) is 10.1. The van der Waals surface area contributed by atoms with E-state index in [2.05, 4.69) is 9.82 Å². The van der Waals surface area contributed by atoms with Crippen LogP contribution in [0.5, 0.6) is 0 Å². The van der Waals surface area contributed by atoms with Crippen LogP contribution < -0.4 is 4.72 Å². The summed E-state index contributed by atoms with van der Waals surface area (Å²) in [6, 6.07) is 1.35. The lowest BCUT2D eigenvalue weighted by Gasteiger charge is -2.08. The Balaban J connectivity index is 3.02. The molecule has 0 amide bonds. The largest absolute Gasteiger partial charge is 0.257 e. The monoisotopic (exact) mass is 203 g/mol. The molecule has 1 N–H and O–H groups in total. The van der Waals surface area contributed by atoms with Gasteiger partial charge in [-0.1, -0.05) is 0 Å². The van der Waals surface area contributed by atoms with Crippen LogP contribution in [0.3, 0.4) is 0 Å². The van der Waals surface area contributed by atoms with Gasteiger partial charge < -0.3 is 0 Å². The van der Waals surface area contributed by atoms with Gasteiger partial charge in [-0.2, -0.15) is 5.10 Å². The molecule has 1 aromatic rings. The molecule has 0 saturated heterocycles. The molecule has 74 valence electrons. The first kappa shape index (κ1) is 10.2. The quantitative estimate of drug-likeness (QED) is 0.758. The number of hydrogen-bond acceptors (Lipinski definition) is 3. The topological polar surface area (TPSA) is 64.0 Å². The molecular formula is C7H13N3O2S. The SMILES string of the molecule is CC(C)NS(=O)(=O)c1ccnn1C. The van der Waals surface area contributed by atoms with E-state index >= 15 is 0 Å². The van der Waals surface area contributed by atoms with Gasteiger partial charge in [0.1, 0.15) is 0 Å². The number of sulfonamides is 1. The molecule has 0 atom stereocenters. The lowest BCUT2D eigenvalue weighted by molar-refractivity contribution is 0.552. The lowest BCUT2D eigenvalue weighted by atomic mass is 10.4. The van der Waals surface area contributed by atoms with Gasteiger partial charge in [-0.3, -0.25) is 4.68 Å². The zero-order valence-corrected chi connectivity index (χ0v) is 8.67. The average molecular weight is 203 g/mol. The summed E-state index contributed by atoms with van der Waals surface area (Å²) in [7, 11) is -1.80. The summed E-state index contributed by atoms with van der Waals surface area (Å²) in [6.07, 6.45) is 1.45. The van der Waals surface area contributed by atoms with Crippen LogP contribution in [0.2, 0.25) is 0 Å². The molecule has 1 heterocycles. The third-order valence-corrected chi connectivity index (χ3v) is 3.17. The van der Waals surface area contributed by atoms with E-state index in [4.69, 9.17) is 0 Å². The van der Waals surface area contributed by atoms with Gasteiger partial charge >= 0.3 is 0 Å². The van der Waals surface area contributed by atoms with Crippen molar-refractivity contribution in [2.24, 2.45) is 7.05 Å². The van der Waals surface area contributed by atoms with Crippen molar-refractivity contribution in [1.29, 1.82) is 0 Å². The van der Waals surface area contributed by atoms with Gasteiger partial charge in [0.15, 0.2) is 5.03 Å². The highest BCUT2D eigenvalue weighted by Gasteiger charge is 2.18. The Kier molecular flexibility index (Phi) is 2.72. The Labute approximate surface area is 77.8 Å². The zero-order valence-electron chi connectivity index (χ0n) is 7.85. The number of nitrogens with one attached hydrogen (secondary N) is 1. The molecule has 0 aliphatic rings. The van der Waals surface area contributed by atoms with E-state index in [1.165, 1.54) is 16.9 Å². The van der Waals surface area contributed by atoms with Crippen LogP contribution in [0.15, 0.2) is 17.3 Å². The number of aromatic nitrogens is 2. The van der Waals surface area contributed by atoms with Crippen molar-refractivity contribution >= 4 is 10.0 Å². The van der Waals surface area contributed by atoms with E-state index in [1.54, 1.807) is 20.9 Å². The van der Waals surface area contributed by atoms with Gasteiger partial charge in [-0.25, -0.2) is 13.1 Å². The summed E-state index contributed by atoms with van der Waals surface area (Å²) < 4.78 is 26.9. The minimum Gasteiger partial charge on any atom is -0.256 e. The summed E-state index contributed by atoms with van der Waals surface area (Å²) in [6.45, 7) is 3.54. The second kappa shape index (κ2) is 3.47. The molecule has 0 bridgehead atoms. The molecule has 1 aromatic heterocycles. The maximum Gasteiger partial charge on any atom is 0.257 e. The first-order valence-corrected chi connectivity index (χ1v) is 5.42. The summed E-state index contributed by atoms with van der Waals surface area (Å²) >= 11 is 0. The fourth-order valence-electron chi connectivity index (χ4n) is 0.996. The molecule has 0 saturated carbocycles. The molecule has 1 rings (SSSR count). The Hall–Kier alpha value is -0.880. The normalized spacial score (nSPS) is 12.3. The summed E-state index contributed by atoms with van der Waals surface area (Å²) in [4.78, 5) is 0. The minimum absolute atomic E-state index is 0.111. The fourth-order valence-corrected chi connectivity index (χ4v) is 2.37. The number of hydrogen-bond donors (Lipinski definition) is 1. The minimum atomic E-state index is -3.40. The van der Waals surface area contributed by atoms with Crippen LogP contribution in [0.1, 0.15) is 13.8 Å². The molecule has 0 spiro atoms. The summed E-state index contributed by atoms with van der Waals surface area (Å²) in [5.41, 5.74) is 0. The second-order valence-corrected chi connectivity index (χ2v) is 4.73. The van der Waals surface area contributed by atoms with Gasteiger partial charge in [0.05, 0.1) is 6.20 Å². The molecule has 0 unspecified atom stereocenters. The molecule has 13 heavy (non-hydrogen) atoms. The van der Waals surface area contributed by atoms with Gasteiger partial charge in [0.2, 0.25) is 0 Å². The van der Waals surface area contributed by atoms with Crippen LogP contribution in [-0.4, -0.2) is 24.2 Å². The van der Waals surface area contributed by atoms with Crippen molar-refractivity contribution in [3.05, 3.63) is 12.3 Å². The first-order valence-electron chi connectivity index (χ1n) is 3.94. The fraction of sp³-hybridized carbons (Fsp3) is 0.571. The highest BCUT2D eigenvalue weighted by atomic mass is 32.2. The molecule has 0 radical (unpaired) electrons. The Morgan fingerprint density at radius 3 is 2.54 bits per heavy atom. The smallest absolute Gasteiger partial charge is 0.256 e. The van der Waals surface area contributed by atoms with Crippen LogP contribution in [-0.2, 0) is 17.1 Å². The van der Waals surface area contributed by atoms with Gasteiger partial charge in [0, 0.05) is 13.1 Å². The van der Waals surface area contributed by atoms with Gasteiger partial charge in [-0.15, -0.1) is 0 Å². The van der Waals surface area contributed by atoms with E-state index in [0.29, 0.717) is 0 Å². The summed E-state index contributed by atoms with van der Waals surface area (Å²) in [5.74, 6) is 0. The average Bonchev–Trinajstić information content (AvgIpc) is 2.32. The molecule has 5 nitrogen and oxygen atoms in total. The third kappa shape index (κ3) is 2.28. The molecule has 0 aromatic carbocycles. The first-order chi connectivity index (χ1) is 5.93. The second-order valence-electron chi connectivity index (χ2n) is 3.07. The predicted molar refractivity (Wildman–Crippen MR) is 48.7 cm³/mol. The summed E-state index contributed by atoms with van der Waals surface area (Å²) in [5, 5.41) is 3.97. The number of aryl methyl sites for hydroxylation is 1. The van der Waals surface area contributed by atoms with Crippen LogP contribution in [0, 0.1) is 0 Å². The number of rotatable bonds is 3. The van der Waals surface area contributed by atoms with E-state index in [-0.39, 0.29) is 11.1 Å². The standard InChI is InChI=1S/C7H13N3O2S/c1-6(2)9-13(11,12)7-4-5-8-10(7)3/h4-6,9H,1-3H3. The van der Waals surface area contributed by atoms with E-state index in [9.17, 15) is 8.42 Å². The van der Waals surface area contributed by atoms with Crippen molar-refractivity contribution in [2.45, 2.75) is 24.9 Å². The van der Waals surface area contributed by atoms with E-state index in [0.717, 1.165) is 0 Å². The Morgan fingerprint density at radius 1 is 1.54 bits per heavy atom. The van der Waals surface area contributed by atoms with Crippen molar-refractivity contribution in [3.63, 3.8) is 0 Å². The highest BCUT2D eigenvalue weighted by Crippen LogP contribution is 2.06. The Bertz CT molecular complexity index is 380. The molecule has 0 aliphatic carbocycles. The maximum absolute atomic E-state index is 11.6. The van der Waals surface area contributed by atoms with Gasteiger partial charge in [-0.05, 0) is 19.9 Å². The van der Waals surface area contributed by atoms with Crippen LogP contribution >= 0.6 is 0 Å². The van der Waals surface area contributed by atoms with Crippen molar-refractivity contribution < 1.29 is 8.42 Å². The van der Waals surface area contributed by atoms with Gasteiger partial charge in [0.25, 0.3) is 10.0 Å². The van der Waals surface area contributed by atoms with Crippen LogP contribution in [0.25, 0.3) is 0 Å². The van der Waals surface area contributed by atoms with Crippen molar-refractivity contribution in [3.8, 4) is 0 Å². The molecular weight excluding hydrogens is 190 g/mol. The van der Waals surface area contributed by atoms with Crippen molar-refractivity contribution in [2.75, 3.05) is 0 Å². The maximum atomic E-state index is 11.6. The highest BCUT2D eigenvalue weighted by molar-refractivity contribution is 7.89. The molecule has 6 heteroatoms. The van der Waals surface area contributed by atoms with Crippen LogP contribution in [0.4, 0.5) is 0 Å². The third-order valence-electron chi connectivity index (χ3n) is 1.44. The van der Waals surface area contributed by atoms with E-state index < -0.39 is 10.0 Å². The number of nitrogens with zero attached hydrogens (tertiary/aromatic N) is 2. The predicted octanol–water partition coefficient (Wildman–Crippen LogP) is 0.107. The Morgan fingerprint density at radius 2 is 2.15 bits per heavy atom. The molecule has 0 fully saturated rings. The lowest BCUT2D eigenvalue weighted by Crippen LogP contribution is -2.31. The molecule has 0 aliphatic heterocycles.